The third kappa shape index (κ3) is 3.71. The predicted octanol–water partition coefficient (Wildman–Crippen LogP) is 5.13. The monoisotopic (exact) mass is 417 g/mol. The quantitative estimate of drug-likeness (QED) is 0.419. The van der Waals surface area contributed by atoms with Gasteiger partial charge in [-0.2, -0.15) is 0 Å². The second-order valence-corrected chi connectivity index (χ2v) is 7.48. The van der Waals surface area contributed by atoms with Crippen LogP contribution in [-0.2, 0) is 12.8 Å². The van der Waals surface area contributed by atoms with Crippen molar-refractivity contribution in [3.63, 3.8) is 0 Å². The van der Waals surface area contributed by atoms with E-state index in [1.54, 1.807) is 6.20 Å². The van der Waals surface area contributed by atoms with Gasteiger partial charge < -0.3 is 4.57 Å². The van der Waals surface area contributed by atoms with Crippen molar-refractivity contribution >= 4 is 35.0 Å². The summed E-state index contributed by atoms with van der Waals surface area (Å²) in [5, 5.41) is 18.2. The predicted molar refractivity (Wildman–Crippen MR) is 106 cm³/mol. The smallest absolute Gasteiger partial charge is 0.191 e. The molecule has 0 amide bonds. The lowest BCUT2D eigenvalue weighted by atomic mass is 10.1. The zero-order valence-corrected chi connectivity index (χ0v) is 16.5. The first-order valence-electron chi connectivity index (χ1n) is 7.97. The topological polar surface area (TPSA) is 69.6 Å². The SMILES string of the molecule is Cn1c(SCc2c(Cl)cccc2Cl)nnc1-c1cccc(-c2cnon2)c1. The van der Waals surface area contributed by atoms with Crippen LogP contribution in [0.25, 0.3) is 22.6 Å². The Kier molecular flexibility index (Phi) is 5.15. The van der Waals surface area contributed by atoms with Gasteiger partial charge in [0.2, 0.25) is 0 Å². The van der Waals surface area contributed by atoms with Crippen LogP contribution in [0.1, 0.15) is 5.56 Å². The minimum absolute atomic E-state index is 0.606. The summed E-state index contributed by atoms with van der Waals surface area (Å²) in [5.41, 5.74) is 3.37. The van der Waals surface area contributed by atoms with Crippen molar-refractivity contribution in [1.82, 2.24) is 25.1 Å². The second-order valence-electron chi connectivity index (χ2n) is 5.73. The van der Waals surface area contributed by atoms with Crippen LogP contribution in [-0.4, -0.2) is 25.1 Å². The number of hydrogen-bond acceptors (Lipinski definition) is 6. The average molecular weight is 418 g/mol. The molecule has 27 heavy (non-hydrogen) atoms. The summed E-state index contributed by atoms with van der Waals surface area (Å²) in [7, 11) is 1.93. The van der Waals surface area contributed by atoms with E-state index in [-0.39, 0.29) is 0 Å². The van der Waals surface area contributed by atoms with Crippen molar-refractivity contribution in [1.29, 1.82) is 0 Å². The first-order valence-corrected chi connectivity index (χ1v) is 9.71. The van der Waals surface area contributed by atoms with Gasteiger partial charge in [-0.1, -0.05) is 64.4 Å². The molecule has 0 aliphatic heterocycles. The molecule has 0 atom stereocenters. The van der Waals surface area contributed by atoms with E-state index in [2.05, 4.69) is 25.1 Å². The van der Waals surface area contributed by atoms with Crippen molar-refractivity contribution in [2.24, 2.45) is 7.05 Å². The Bertz CT molecular complexity index is 1060. The van der Waals surface area contributed by atoms with Gasteiger partial charge in [-0.3, -0.25) is 0 Å². The lowest BCUT2D eigenvalue weighted by Crippen LogP contribution is -1.96. The van der Waals surface area contributed by atoms with E-state index in [1.807, 2.05) is 54.1 Å². The molecule has 2 aromatic carbocycles. The number of aromatic nitrogens is 5. The van der Waals surface area contributed by atoms with Gasteiger partial charge in [-0.05, 0) is 28.9 Å². The molecule has 4 rings (SSSR count). The third-order valence-corrected chi connectivity index (χ3v) is 5.77. The van der Waals surface area contributed by atoms with E-state index in [0.717, 1.165) is 27.7 Å². The first-order chi connectivity index (χ1) is 13.1. The van der Waals surface area contributed by atoms with Crippen LogP contribution in [0.15, 0.2) is 58.4 Å². The zero-order chi connectivity index (χ0) is 18.8. The second kappa shape index (κ2) is 7.72. The maximum Gasteiger partial charge on any atom is 0.191 e. The maximum atomic E-state index is 6.24. The Morgan fingerprint density at radius 2 is 1.78 bits per heavy atom. The summed E-state index contributed by atoms with van der Waals surface area (Å²) >= 11 is 14.0. The van der Waals surface area contributed by atoms with Crippen LogP contribution < -0.4 is 0 Å². The molecule has 9 heteroatoms. The Balaban J connectivity index is 1.59. The summed E-state index contributed by atoms with van der Waals surface area (Å²) in [6, 6.07) is 13.3. The minimum atomic E-state index is 0.606. The summed E-state index contributed by atoms with van der Waals surface area (Å²) in [6.07, 6.45) is 1.57. The van der Waals surface area contributed by atoms with Gasteiger partial charge in [-0.25, -0.2) is 4.63 Å². The van der Waals surface area contributed by atoms with E-state index in [9.17, 15) is 0 Å². The molecule has 0 N–H and O–H groups in total. The summed E-state index contributed by atoms with van der Waals surface area (Å²) in [4.78, 5) is 0. The fraction of sp³-hybridized carbons (Fsp3) is 0.111. The highest BCUT2D eigenvalue weighted by molar-refractivity contribution is 7.98. The molecular formula is C18H13Cl2N5OS. The van der Waals surface area contributed by atoms with Gasteiger partial charge in [0.25, 0.3) is 0 Å². The summed E-state index contributed by atoms with van der Waals surface area (Å²) < 4.78 is 6.62. The fourth-order valence-electron chi connectivity index (χ4n) is 2.61. The van der Waals surface area contributed by atoms with Crippen LogP contribution in [0.3, 0.4) is 0 Å². The summed E-state index contributed by atoms with van der Waals surface area (Å²) in [6.45, 7) is 0. The van der Waals surface area contributed by atoms with Crippen LogP contribution in [0.4, 0.5) is 0 Å². The molecule has 6 nitrogen and oxygen atoms in total. The molecule has 136 valence electrons. The van der Waals surface area contributed by atoms with Crippen molar-refractivity contribution in [2.75, 3.05) is 0 Å². The Hall–Kier alpha value is -2.35. The number of rotatable bonds is 5. The molecule has 2 heterocycles. The minimum Gasteiger partial charge on any atom is -0.305 e. The normalized spacial score (nSPS) is 11.1. The van der Waals surface area contributed by atoms with E-state index < -0.39 is 0 Å². The van der Waals surface area contributed by atoms with Crippen LogP contribution in [0.2, 0.25) is 10.0 Å². The van der Waals surface area contributed by atoms with Gasteiger partial charge >= 0.3 is 0 Å². The Labute approximate surface area is 169 Å². The standard InChI is InChI=1S/C18H13Cl2N5OS/c1-25-17(12-5-2-4-11(8-12)16-9-21-26-24-16)22-23-18(25)27-10-13-14(19)6-3-7-15(13)20/h2-9H,10H2,1H3. The maximum absolute atomic E-state index is 6.24. The van der Waals surface area contributed by atoms with E-state index in [1.165, 1.54) is 11.8 Å². The lowest BCUT2D eigenvalue weighted by molar-refractivity contribution is 0.308. The number of halogens is 2. The van der Waals surface area contributed by atoms with Gasteiger partial charge in [-0.15, -0.1) is 10.2 Å². The van der Waals surface area contributed by atoms with Crippen molar-refractivity contribution in [2.45, 2.75) is 10.9 Å². The number of benzene rings is 2. The van der Waals surface area contributed by atoms with Crippen LogP contribution in [0, 0.1) is 0 Å². The third-order valence-electron chi connectivity index (χ3n) is 4.02. The van der Waals surface area contributed by atoms with Gasteiger partial charge in [0.05, 0.1) is 6.20 Å². The highest BCUT2D eigenvalue weighted by Crippen LogP contribution is 2.32. The number of nitrogens with zero attached hydrogens (tertiary/aromatic N) is 5. The molecule has 0 unspecified atom stereocenters. The largest absolute Gasteiger partial charge is 0.305 e. The molecule has 0 spiro atoms. The average Bonchev–Trinajstić information content (AvgIpc) is 3.32. The molecule has 0 saturated carbocycles. The van der Waals surface area contributed by atoms with E-state index >= 15 is 0 Å². The molecule has 0 saturated heterocycles. The van der Waals surface area contributed by atoms with E-state index in [4.69, 9.17) is 23.2 Å². The summed E-state index contributed by atoms with van der Waals surface area (Å²) in [5.74, 6) is 1.36. The molecular weight excluding hydrogens is 405 g/mol. The van der Waals surface area contributed by atoms with Crippen molar-refractivity contribution in [3.8, 4) is 22.6 Å². The highest BCUT2D eigenvalue weighted by atomic mass is 35.5. The van der Waals surface area contributed by atoms with Gasteiger partial charge in [0.1, 0.15) is 5.69 Å². The van der Waals surface area contributed by atoms with Crippen molar-refractivity contribution < 1.29 is 4.63 Å². The fourth-order valence-corrected chi connectivity index (χ4v) is 4.26. The van der Waals surface area contributed by atoms with Gasteiger partial charge in [0.15, 0.2) is 11.0 Å². The number of hydrogen-bond donors (Lipinski definition) is 0. The molecule has 4 aromatic rings. The van der Waals surface area contributed by atoms with Crippen LogP contribution >= 0.6 is 35.0 Å². The van der Waals surface area contributed by atoms with Crippen molar-refractivity contribution in [3.05, 3.63) is 64.3 Å². The highest BCUT2D eigenvalue weighted by Gasteiger charge is 2.14. The molecule has 2 aromatic heterocycles. The molecule has 0 aliphatic rings. The van der Waals surface area contributed by atoms with E-state index in [0.29, 0.717) is 21.5 Å². The lowest BCUT2D eigenvalue weighted by Gasteiger charge is -2.07. The number of thioether (sulfide) groups is 1. The van der Waals surface area contributed by atoms with Crippen LogP contribution in [0.5, 0.6) is 0 Å². The Morgan fingerprint density at radius 3 is 2.52 bits per heavy atom. The first kappa shape index (κ1) is 18.0. The van der Waals surface area contributed by atoms with Gasteiger partial charge in [0, 0.05) is 34.0 Å². The zero-order valence-electron chi connectivity index (χ0n) is 14.1. The molecule has 0 radical (unpaired) electrons. The molecule has 0 aliphatic carbocycles. The molecule has 0 bridgehead atoms. The Morgan fingerprint density at radius 1 is 1.04 bits per heavy atom. The molecule has 0 fully saturated rings.